The van der Waals surface area contributed by atoms with Crippen molar-refractivity contribution in [2.24, 2.45) is 0 Å². The van der Waals surface area contributed by atoms with Crippen LogP contribution in [0.5, 0.6) is 0 Å². The third-order valence-electron chi connectivity index (χ3n) is 2.14. The average molecular weight is 214 g/mol. The molecular formula is C10H14O3S. The molecule has 14 heavy (non-hydrogen) atoms. The van der Waals surface area contributed by atoms with Crippen molar-refractivity contribution in [3.05, 3.63) is 29.8 Å². The van der Waals surface area contributed by atoms with Crippen LogP contribution in [0.3, 0.4) is 0 Å². The van der Waals surface area contributed by atoms with Gasteiger partial charge in [0.2, 0.25) is 0 Å². The van der Waals surface area contributed by atoms with Crippen LogP contribution in [0, 0.1) is 6.92 Å². The fourth-order valence-electron chi connectivity index (χ4n) is 1.06. The van der Waals surface area contributed by atoms with Crippen molar-refractivity contribution >= 4 is 9.84 Å². The molecule has 0 fully saturated rings. The summed E-state index contributed by atoms with van der Waals surface area (Å²) in [7, 11) is -3.36. The maximum Gasteiger partial charge on any atom is 0.183 e. The van der Waals surface area contributed by atoms with Gasteiger partial charge in [-0.05, 0) is 26.0 Å². The van der Waals surface area contributed by atoms with E-state index < -0.39 is 15.1 Å². The van der Waals surface area contributed by atoms with Crippen molar-refractivity contribution in [1.82, 2.24) is 0 Å². The zero-order valence-electron chi connectivity index (χ0n) is 8.27. The first-order valence-electron chi connectivity index (χ1n) is 4.40. The molecular weight excluding hydrogens is 200 g/mol. The monoisotopic (exact) mass is 214 g/mol. The maximum atomic E-state index is 11.7. The van der Waals surface area contributed by atoms with E-state index in [-0.39, 0.29) is 11.5 Å². The largest absolute Gasteiger partial charge is 0.395 e. The molecule has 0 aromatic heterocycles. The predicted molar refractivity (Wildman–Crippen MR) is 54.9 cm³/mol. The van der Waals surface area contributed by atoms with Crippen LogP contribution in [-0.4, -0.2) is 25.4 Å². The molecule has 0 amide bonds. The summed E-state index contributed by atoms with van der Waals surface area (Å²) in [6.45, 7) is 3.04. The van der Waals surface area contributed by atoms with Crippen LogP contribution in [0.25, 0.3) is 0 Å². The quantitative estimate of drug-likeness (QED) is 0.821. The number of hydrogen-bond acceptors (Lipinski definition) is 3. The van der Waals surface area contributed by atoms with Crippen molar-refractivity contribution in [2.75, 3.05) is 6.61 Å². The van der Waals surface area contributed by atoms with E-state index in [2.05, 4.69) is 0 Å². The number of aliphatic hydroxyl groups excluding tert-OH is 1. The van der Waals surface area contributed by atoms with E-state index >= 15 is 0 Å². The fraction of sp³-hybridized carbons (Fsp3) is 0.400. The summed E-state index contributed by atoms with van der Waals surface area (Å²) >= 11 is 0. The zero-order chi connectivity index (χ0) is 10.8. The second-order valence-corrected chi connectivity index (χ2v) is 5.72. The lowest BCUT2D eigenvalue weighted by Gasteiger charge is -2.09. The van der Waals surface area contributed by atoms with Gasteiger partial charge in [-0.3, -0.25) is 0 Å². The Labute approximate surface area is 84.3 Å². The minimum atomic E-state index is -3.36. The number of aliphatic hydroxyl groups is 1. The zero-order valence-corrected chi connectivity index (χ0v) is 9.08. The lowest BCUT2D eigenvalue weighted by molar-refractivity contribution is 0.295. The van der Waals surface area contributed by atoms with E-state index in [0.717, 1.165) is 5.56 Å². The molecule has 1 aromatic carbocycles. The highest BCUT2D eigenvalue weighted by molar-refractivity contribution is 7.92. The van der Waals surface area contributed by atoms with Gasteiger partial charge in [0.05, 0.1) is 16.8 Å². The first-order chi connectivity index (χ1) is 6.48. The summed E-state index contributed by atoms with van der Waals surface area (Å²) in [5, 5.41) is 8.06. The molecule has 0 spiro atoms. The number of benzene rings is 1. The summed E-state index contributed by atoms with van der Waals surface area (Å²) in [5.74, 6) is 0. The Kier molecular flexibility index (Phi) is 3.29. The Morgan fingerprint density at radius 1 is 1.29 bits per heavy atom. The highest BCUT2D eigenvalue weighted by Crippen LogP contribution is 2.16. The van der Waals surface area contributed by atoms with Gasteiger partial charge in [-0.15, -0.1) is 0 Å². The third kappa shape index (κ3) is 2.13. The van der Waals surface area contributed by atoms with Crippen LogP contribution < -0.4 is 0 Å². The third-order valence-corrected chi connectivity index (χ3v) is 4.27. The molecule has 0 radical (unpaired) electrons. The average Bonchev–Trinajstić information content (AvgIpc) is 2.17. The topological polar surface area (TPSA) is 54.4 Å². The minimum Gasteiger partial charge on any atom is -0.395 e. The summed E-state index contributed by atoms with van der Waals surface area (Å²) < 4.78 is 23.4. The van der Waals surface area contributed by atoms with E-state index in [4.69, 9.17) is 5.11 Å². The lowest BCUT2D eigenvalue weighted by Crippen LogP contribution is -2.21. The van der Waals surface area contributed by atoms with E-state index in [9.17, 15) is 8.42 Å². The van der Waals surface area contributed by atoms with E-state index in [0.29, 0.717) is 0 Å². The van der Waals surface area contributed by atoms with E-state index in [1.807, 2.05) is 6.92 Å². The van der Waals surface area contributed by atoms with Gasteiger partial charge < -0.3 is 5.11 Å². The van der Waals surface area contributed by atoms with E-state index in [1.165, 1.54) is 6.92 Å². The van der Waals surface area contributed by atoms with Crippen LogP contribution in [0.1, 0.15) is 12.5 Å². The van der Waals surface area contributed by atoms with Crippen LogP contribution >= 0.6 is 0 Å². The van der Waals surface area contributed by atoms with Crippen molar-refractivity contribution in [3.8, 4) is 0 Å². The van der Waals surface area contributed by atoms with Crippen molar-refractivity contribution in [2.45, 2.75) is 24.0 Å². The number of rotatable bonds is 3. The smallest absolute Gasteiger partial charge is 0.183 e. The van der Waals surface area contributed by atoms with Crippen molar-refractivity contribution < 1.29 is 13.5 Å². The van der Waals surface area contributed by atoms with E-state index in [1.54, 1.807) is 24.3 Å². The minimum absolute atomic E-state index is 0.268. The number of hydrogen-bond donors (Lipinski definition) is 1. The molecule has 1 rings (SSSR count). The molecule has 0 aliphatic heterocycles. The van der Waals surface area contributed by atoms with Gasteiger partial charge in [0.25, 0.3) is 0 Å². The van der Waals surface area contributed by atoms with Gasteiger partial charge in [0.1, 0.15) is 0 Å². The van der Waals surface area contributed by atoms with Crippen LogP contribution in [0.15, 0.2) is 29.2 Å². The Morgan fingerprint density at radius 2 is 1.79 bits per heavy atom. The van der Waals surface area contributed by atoms with Crippen LogP contribution in [0.4, 0.5) is 0 Å². The number of aryl methyl sites for hydroxylation is 1. The molecule has 0 saturated heterocycles. The molecule has 4 heteroatoms. The van der Waals surface area contributed by atoms with Gasteiger partial charge in [-0.25, -0.2) is 8.42 Å². The summed E-state index contributed by atoms with van der Waals surface area (Å²) in [4.78, 5) is 0.268. The Bertz CT molecular complexity index is 392. The molecule has 0 bridgehead atoms. The predicted octanol–water partition coefficient (Wildman–Crippen LogP) is 1.15. The standard InChI is InChI=1S/C10H14O3S/c1-8-3-5-10(6-4-8)14(12,13)9(2)7-11/h3-6,9,11H,7H2,1-2H3. The summed E-state index contributed by atoms with van der Waals surface area (Å²) in [6.07, 6.45) is 0. The normalized spacial score (nSPS) is 13.9. The highest BCUT2D eigenvalue weighted by Gasteiger charge is 2.21. The van der Waals surface area contributed by atoms with Crippen molar-refractivity contribution in [3.63, 3.8) is 0 Å². The highest BCUT2D eigenvalue weighted by atomic mass is 32.2. The lowest BCUT2D eigenvalue weighted by atomic mass is 10.2. The molecule has 0 heterocycles. The van der Waals surface area contributed by atoms with Gasteiger partial charge in [0.15, 0.2) is 9.84 Å². The molecule has 3 nitrogen and oxygen atoms in total. The maximum absolute atomic E-state index is 11.7. The van der Waals surface area contributed by atoms with Crippen LogP contribution in [0.2, 0.25) is 0 Å². The Hall–Kier alpha value is -0.870. The second kappa shape index (κ2) is 4.11. The molecule has 0 aliphatic carbocycles. The summed E-state index contributed by atoms with van der Waals surface area (Å²) in [6, 6.07) is 6.63. The SMILES string of the molecule is Cc1ccc(S(=O)(=O)C(C)CO)cc1. The Balaban J connectivity index is 3.11. The first-order valence-corrected chi connectivity index (χ1v) is 5.94. The molecule has 0 aliphatic rings. The molecule has 0 saturated carbocycles. The molecule has 1 aromatic rings. The number of sulfone groups is 1. The molecule has 1 unspecified atom stereocenters. The van der Waals surface area contributed by atoms with Gasteiger partial charge in [0, 0.05) is 0 Å². The fourth-order valence-corrected chi connectivity index (χ4v) is 2.23. The van der Waals surface area contributed by atoms with Gasteiger partial charge in [-0.1, -0.05) is 17.7 Å². The first kappa shape index (κ1) is 11.2. The van der Waals surface area contributed by atoms with Crippen LogP contribution in [-0.2, 0) is 9.84 Å². The van der Waals surface area contributed by atoms with Gasteiger partial charge in [-0.2, -0.15) is 0 Å². The second-order valence-electron chi connectivity index (χ2n) is 3.35. The Morgan fingerprint density at radius 3 is 2.21 bits per heavy atom. The van der Waals surface area contributed by atoms with Gasteiger partial charge >= 0.3 is 0 Å². The molecule has 1 N–H and O–H groups in total. The summed E-state index contributed by atoms with van der Waals surface area (Å²) in [5.41, 5.74) is 1.01. The molecule has 78 valence electrons. The molecule has 1 atom stereocenters. The van der Waals surface area contributed by atoms with Crippen molar-refractivity contribution in [1.29, 1.82) is 0 Å².